The molecule has 2 heterocycles. The van der Waals surface area contributed by atoms with Gasteiger partial charge in [0.2, 0.25) is 0 Å². The Balaban J connectivity index is 1.99. The van der Waals surface area contributed by atoms with Gasteiger partial charge in [0, 0.05) is 31.6 Å². The van der Waals surface area contributed by atoms with Crippen molar-refractivity contribution in [3.63, 3.8) is 0 Å². The molecule has 0 aromatic heterocycles. The minimum Gasteiger partial charge on any atom is -0.481 e. The van der Waals surface area contributed by atoms with Crippen molar-refractivity contribution >= 4 is 12.0 Å². The summed E-state index contributed by atoms with van der Waals surface area (Å²) in [6.07, 6.45) is 4.88. The Labute approximate surface area is 120 Å². The number of carbonyl (C=O) groups is 2. The number of hydrogen-bond donors (Lipinski definition) is 1. The highest BCUT2D eigenvalue weighted by Crippen LogP contribution is 2.27. The SMILES string of the molecule is CC1CC(C)N(C(=O)N2CCCCC2CCC(=O)O)C1. The van der Waals surface area contributed by atoms with Crippen LogP contribution >= 0.6 is 0 Å². The van der Waals surface area contributed by atoms with Crippen LogP contribution in [0.4, 0.5) is 4.79 Å². The van der Waals surface area contributed by atoms with Gasteiger partial charge in [-0.1, -0.05) is 6.92 Å². The highest BCUT2D eigenvalue weighted by atomic mass is 16.4. The van der Waals surface area contributed by atoms with Crippen molar-refractivity contribution in [1.29, 1.82) is 0 Å². The summed E-state index contributed by atoms with van der Waals surface area (Å²) in [7, 11) is 0. The molecular formula is C15H26N2O3. The maximum Gasteiger partial charge on any atom is 0.320 e. The maximum absolute atomic E-state index is 12.7. The molecule has 2 amide bonds. The number of carbonyl (C=O) groups excluding carboxylic acids is 1. The summed E-state index contributed by atoms with van der Waals surface area (Å²) in [4.78, 5) is 27.4. The number of aliphatic carboxylic acids is 1. The van der Waals surface area contributed by atoms with Gasteiger partial charge >= 0.3 is 12.0 Å². The second-order valence-electron chi connectivity index (χ2n) is 6.40. The van der Waals surface area contributed by atoms with Crippen molar-refractivity contribution in [2.45, 2.75) is 64.5 Å². The standard InChI is InChI=1S/C15H26N2O3/c1-11-9-12(2)17(10-11)15(20)16-8-4-3-5-13(16)6-7-14(18)19/h11-13H,3-10H2,1-2H3,(H,18,19). The van der Waals surface area contributed by atoms with E-state index in [1.54, 1.807) is 0 Å². The molecule has 0 aromatic rings. The summed E-state index contributed by atoms with van der Waals surface area (Å²) in [5.41, 5.74) is 0. The largest absolute Gasteiger partial charge is 0.481 e. The number of nitrogens with zero attached hydrogens (tertiary/aromatic N) is 2. The Morgan fingerprint density at radius 3 is 2.55 bits per heavy atom. The van der Waals surface area contributed by atoms with Crippen molar-refractivity contribution < 1.29 is 14.7 Å². The average molecular weight is 282 g/mol. The molecule has 0 bridgehead atoms. The van der Waals surface area contributed by atoms with Crippen LogP contribution in [0.2, 0.25) is 0 Å². The molecular weight excluding hydrogens is 256 g/mol. The van der Waals surface area contributed by atoms with Crippen LogP contribution in [0.3, 0.4) is 0 Å². The molecule has 2 fully saturated rings. The number of rotatable bonds is 3. The van der Waals surface area contributed by atoms with Gasteiger partial charge in [-0.2, -0.15) is 0 Å². The van der Waals surface area contributed by atoms with Gasteiger partial charge in [0.15, 0.2) is 0 Å². The number of carboxylic acid groups (broad SMARTS) is 1. The fourth-order valence-electron chi connectivity index (χ4n) is 3.57. The Hall–Kier alpha value is -1.26. The Kier molecular flexibility index (Phi) is 4.89. The molecule has 5 nitrogen and oxygen atoms in total. The summed E-state index contributed by atoms with van der Waals surface area (Å²) in [5.74, 6) is -0.206. The Bertz CT molecular complexity index is 372. The van der Waals surface area contributed by atoms with Gasteiger partial charge in [-0.3, -0.25) is 4.79 Å². The predicted molar refractivity (Wildman–Crippen MR) is 76.6 cm³/mol. The van der Waals surface area contributed by atoms with Crippen LogP contribution in [-0.2, 0) is 4.79 Å². The molecule has 20 heavy (non-hydrogen) atoms. The van der Waals surface area contributed by atoms with Gasteiger partial charge in [0.1, 0.15) is 0 Å². The first-order valence-electron chi connectivity index (χ1n) is 7.78. The van der Waals surface area contributed by atoms with Crippen LogP contribution < -0.4 is 0 Å². The maximum atomic E-state index is 12.7. The van der Waals surface area contributed by atoms with Gasteiger partial charge in [0.25, 0.3) is 0 Å². The zero-order chi connectivity index (χ0) is 14.7. The molecule has 0 spiro atoms. The first-order valence-corrected chi connectivity index (χ1v) is 7.78. The van der Waals surface area contributed by atoms with Crippen LogP contribution in [0.25, 0.3) is 0 Å². The van der Waals surface area contributed by atoms with Crippen LogP contribution in [0.1, 0.15) is 52.4 Å². The number of hydrogen-bond acceptors (Lipinski definition) is 2. The van der Waals surface area contributed by atoms with E-state index in [9.17, 15) is 9.59 Å². The summed E-state index contributed by atoms with van der Waals surface area (Å²) in [6.45, 7) is 5.91. The topological polar surface area (TPSA) is 60.9 Å². The third-order valence-electron chi connectivity index (χ3n) is 4.59. The lowest BCUT2D eigenvalue weighted by molar-refractivity contribution is -0.137. The molecule has 5 heteroatoms. The van der Waals surface area contributed by atoms with Crippen LogP contribution in [0.15, 0.2) is 0 Å². The van der Waals surface area contributed by atoms with Gasteiger partial charge in [0.05, 0.1) is 0 Å². The quantitative estimate of drug-likeness (QED) is 0.865. The monoisotopic (exact) mass is 282 g/mol. The average Bonchev–Trinajstić information content (AvgIpc) is 2.75. The lowest BCUT2D eigenvalue weighted by Crippen LogP contribution is -2.51. The number of amides is 2. The van der Waals surface area contributed by atoms with Gasteiger partial charge < -0.3 is 14.9 Å². The smallest absolute Gasteiger partial charge is 0.320 e. The van der Waals surface area contributed by atoms with E-state index in [0.29, 0.717) is 18.4 Å². The molecule has 1 N–H and O–H groups in total. The fraction of sp³-hybridized carbons (Fsp3) is 0.867. The molecule has 2 rings (SSSR count). The molecule has 3 unspecified atom stereocenters. The van der Waals surface area contributed by atoms with Crippen LogP contribution in [-0.4, -0.2) is 52.1 Å². The number of urea groups is 1. The van der Waals surface area contributed by atoms with E-state index in [1.165, 1.54) is 0 Å². The third-order valence-corrected chi connectivity index (χ3v) is 4.59. The van der Waals surface area contributed by atoms with Crippen molar-refractivity contribution in [2.24, 2.45) is 5.92 Å². The summed E-state index contributed by atoms with van der Waals surface area (Å²) >= 11 is 0. The molecule has 0 saturated carbocycles. The van der Waals surface area contributed by atoms with E-state index in [-0.39, 0.29) is 18.5 Å². The first-order chi connectivity index (χ1) is 9.49. The van der Waals surface area contributed by atoms with Gasteiger partial charge in [-0.15, -0.1) is 0 Å². The number of likely N-dealkylation sites (tertiary alicyclic amines) is 2. The molecule has 0 aliphatic carbocycles. The summed E-state index contributed by atoms with van der Waals surface area (Å²) < 4.78 is 0. The van der Waals surface area contributed by atoms with E-state index >= 15 is 0 Å². The Morgan fingerprint density at radius 2 is 1.95 bits per heavy atom. The second-order valence-corrected chi connectivity index (χ2v) is 6.40. The molecule has 2 aliphatic heterocycles. The van der Waals surface area contributed by atoms with E-state index in [1.807, 2.05) is 9.80 Å². The summed E-state index contributed by atoms with van der Waals surface area (Å²) in [6, 6.07) is 0.534. The van der Waals surface area contributed by atoms with Crippen molar-refractivity contribution in [1.82, 2.24) is 9.80 Å². The zero-order valence-electron chi connectivity index (χ0n) is 12.5. The van der Waals surface area contributed by atoms with Crippen molar-refractivity contribution in [3.8, 4) is 0 Å². The van der Waals surface area contributed by atoms with Crippen molar-refractivity contribution in [3.05, 3.63) is 0 Å². The zero-order valence-corrected chi connectivity index (χ0v) is 12.5. The minimum atomic E-state index is -0.772. The highest BCUT2D eigenvalue weighted by molar-refractivity contribution is 5.76. The lowest BCUT2D eigenvalue weighted by Gasteiger charge is -2.39. The van der Waals surface area contributed by atoms with E-state index < -0.39 is 5.97 Å². The number of piperidine rings is 1. The highest BCUT2D eigenvalue weighted by Gasteiger charge is 2.36. The van der Waals surface area contributed by atoms with Crippen molar-refractivity contribution in [2.75, 3.05) is 13.1 Å². The molecule has 2 aliphatic rings. The van der Waals surface area contributed by atoms with E-state index in [4.69, 9.17) is 5.11 Å². The first kappa shape index (κ1) is 15.1. The van der Waals surface area contributed by atoms with Gasteiger partial charge in [-0.05, 0) is 44.9 Å². The Morgan fingerprint density at radius 1 is 1.20 bits per heavy atom. The lowest BCUT2D eigenvalue weighted by atomic mass is 9.98. The molecule has 2 saturated heterocycles. The molecule has 0 radical (unpaired) electrons. The van der Waals surface area contributed by atoms with E-state index in [2.05, 4.69) is 13.8 Å². The van der Waals surface area contributed by atoms with Gasteiger partial charge in [-0.25, -0.2) is 4.79 Å². The molecule has 0 aromatic carbocycles. The second kappa shape index (κ2) is 6.46. The third kappa shape index (κ3) is 3.44. The summed E-state index contributed by atoms with van der Waals surface area (Å²) in [5, 5.41) is 8.84. The van der Waals surface area contributed by atoms with Crippen LogP contribution in [0, 0.1) is 5.92 Å². The number of carboxylic acids is 1. The molecule has 114 valence electrons. The molecule has 3 atom stereocenters. The van der Waals surface area contributed by atoms with E-state index in [0.717, 1.165) is 38.8 Å². The fourth-order valence-corrected chi connectivity index (χ4v) is 3.57. The normalized spacial score (nSPS) is 30.6. The predicted octanol–water partition coefficient (Wildman–Crippen LogP) is 2.56. The minimum absolute atomic E-state index is 0.107. The van der Waals surface area contributed by atoms with Crippen LogP contribution in [0.5, 0.6) is 0 Å².